The largest absolute Gasteiger partial charge is 0.323 e. The molecule has 1 fully saturated rings. The number of hydrogen-bond donors (Lipinski definition) is 1. The number of hydrogen-bond acceptors (Lipinski definition) is 2. The van der Waals surface area contributed by atoms with Crippen molar-refractivity contribution >= 4 is 0 Å². The van der Waals surface area contributed by atoms with Crippen molar-refractivity contribution in [1.29, 1.82) is 0 Å². The summed E-state index contributed by atoms with van der Waals surface area (Å²) in [5, 5.41) is 0. The molecule has 106 valence electrons. The lowest BCUT2D eigenvalue weighted by atomic mass is 9.95. The summed E-state index contributed by atoms with van der Waals surface area (Å²) < 4.78 is 0. The minimum Gasteiger partial charge on any atom is -0.323 e. The van der Waals surface area contributed by atoms with Crippen LogP contribution in [0, 0.1) is 6.92 Å². The summed E-state index contributed by atoms with van der Waals surface area (Å²) in [5.74, 6) is 0. The Hall–Kier alpha value is -0.860. The van der Waals surface area contributed by atoms with Crippen molar-refractivity contribution in [3.05, 3.63) is 35.4 Å². The average Bonchev–Trinajstić information content (AvgIpc) is 2.41. The van der Waals surface area contributed by atoms with Crippen molar-refractivity contribution in [3.8, 4) is 0 Å². The summed E-state index contributed by atoms with van der Waals surface area (Å²) in [6.45, 7) is 6.68. The third-order valence-electron chi connectivity index (χ3n) is 4.39. The van der Waals surface area contributed by atoms with Crippen LogP contribution in [0.4, 0.5) is 0 Å². The topological polar surface area (TPSA) is 29.3 Å². The van der Waals surface area contributed by atoms with Crippen molar-refractivity contribution in [2.45, 2.75) is 58.0 Å². The van der Waals surface area contributed by atoms with Gasteiger partial charge in [-0.25, -0.2) is 0 Å². The van der Waals surface area contributed by atoms with E-state index >= 15 is 0 Å². The number of aryl methyl sites for hydroxylation is 1. The summed E-state index contributed by atoms with van der Waals surface area (Å²) in [7, 11) is 0. The molecule has 0 aliphatic carbocycles. The van der Waals surface area contributed by atoms with E-state index in [2.05, 4.69) is 43.0 Å². The van der Waals surface area contributed by atoms with Crippen LogP contribution in [0.15, 0.2) is 24.3 Å². The molecule has 19 heavy (non-hydrogen) atoms. The maximum atomic E-state index is 6.44. The zero-order valence-electron chi connectivity index (χ0n) is 12.4. The smallest absolute Gasteiger partial charge is 0.0427 e. The van der Waals surface area contributed by atoms with Crippen LogP contribution in [-0.4, -0.2) is 24.0 Å². The quantitative estimate of drug-likeness (QED) is 0.875. The zero-order valence-corrected chi connectivity index (χ0v) is 12.4. The lowest BCUT2D eigenvalue weighted by Crippen LogP contribution is -2.43. The van der Waals surface area contributed by atoms with Crippen LogP contribution in [0.25, 0.3) is 0 Å². The lowest BCUT2D eigenvalue weighted by Gasteiger charge is -2.37. The van der Waals surface area contributed by atoms with Crippen LogP contribution < -0.4 is 5.73 Å². The molecule has 1 aromatic carbocycles. The van der Waals surface area contributed by atoms with E-state index in [4.69, 9.17) is 5.73 Å². The Bertz CT molecular complexity index is 387. The van der Waals surface area contributed by atoms with Gasteiger partial charge in [-0.15, -0.1) is 0 Å². The summed E-state index contributed by atoms with van der Waals surface area (Å²) in [6, 6.07) is 9.44. The monoisotopic (exact) mass is 260 g/mol. The molecular weight excluding hydrogens is 232 g/mol. The first kappa shape index (κ1) is 14.5. The molecule has 0 radical (unpaired) electrons. The van der Waals surface area contributed by atoms with Crippen molar-refractivity contribution in [2.24, 2.45) is 5.73 Å². The third-order valence-corrected chi connectivity index (χ3v) is 4.39. The molecular formula is C17H28N2. The molecule has 2 atom stereocenters. The van der Waals surface area contributed by atoms with E-state index in [9.17, 15) is 0 Å². The number of nitrogens with zero attached hydrogens (tertiary/aromatic N) is 1. The van der Waals surface area contributed by atoms with Crippen LogP contribution in [0.3, 0.4) is 0 Å². The van der Waals surface area contributed by atoms with Gasteiger partial charge in [0.05, 0.1) is 0 Å². The molecule has 2 N–H and O–H groups in total. The number of piperidine rings is 1. The van der Waals surface area contributed by atoms with Gasteiger partial charge >= 0.3 is 0 Å². The van der Waals surface area contributed by atoms with E-state index in [1.807, 2.05) is 0 Å². The molecule has 1 saturated heterocycles. The van der Waals surface area contributed by atoms with Crippen molar-refractivity contribution in [2.75, 3.05) is 13.1 Å². The minimum absolute atomic E-state index is 0.152. The molecule has 0 aromatic heterocycles. The van der Waals surface area contributed by atoms with Crippen LogP contribution in [0.1, 0.15) is 56.2 Å². The Labute approximate surface area is 118 Å². The Balaban J connectivity index is 2.00. The van der Waals surface area contributed by atoms with Gasteiger partial charge in [0.25, 0.3) is 0 Å². The highest BCUT2D eigenvalue weighted by Crippen LogP contribution is 2.24. The molecule has 0 saturated carbocycles. The summed E-state index contributed by atoms with van der Waals surface area (Å²) >= 11 is 0. The van der Waals surface area contributed by atoms with Gasteiger partial charge in [-0.05, 0) is 43.9 Å². The Morgan fingerprint density at radius 2 is 2.11 bits per heavy atom. The highest BCUT2D eigenvalue weighted by atomic mass is 15.2. The van der Waals surface area contributed by atoms with Crippen LogP contribution >= 0.6 is 0 Å². The average molecular weight is 260 g/mol. The number of rotatable bonds is 5. The van der Waals surface area contributed by atoms with Gasteiger partial charge in [0.1, 0.15) is 0 Å². The predicted octanol–water partition coefficient (Wildman–Crippen LogP) is 3.65. The first-order valence-electron chi connectivity index (χ1n) is 7.77. The summed E-state index contributed by atoms with van der Waals surface area (Å²) in [6.07, 6.45) is 6.68. The molecule has 2 unspecified atom stereocenters. The van der Waals surface area contributed by atoms with E-state index in [1.54, 1.807) is 0 Å². The maximum absolute atomic E-state index is 6.44. The highest BCUT2D eigenvalue weighted by molar-refractivity contribution is 5.28. The molecule has 0 bridgehead atoms. The Morgan fingerprint density at radius 3 is 2.84 bits per heavy atom. The van der Waals surface area contributed by atoms with E-state index in [1.165, 1.54) is 49.8 Å². The van der Waals surface area contributed by atoms with Crippen LogP contribution in [-0.2, 0) is 0 Å². The highest BCUT2D eigenvalue weighted by Gasteiger charge is 2.23. The Morgan fingerprint density at radius 1 is 1.32 bits per heavy atom. The SMILES string of the molecule is CCCC1CCCCN1CC(N)c1ccccc1C. The van der Waals surface area contributed by atoms with Gasteiger partial charge in [0.2, 0.25) is 0 Å². The fourth-order valence-corrected chi connectivity index (χ4v) is 3.31. The number of likely N-dealkylation sites (tertiary alicyclic amines) is 1. The van der Waals surface area contributed by atoms with Gasteiger partial charge in [0, 0.05) is 18.6 Å². The molecule has 0 amide bonds. The lowest BCUT2D eigenvalue weighted by molar-refractivity contribution is 0.131. The van der Waals surface area contributed by atoms with Gasteiger partial charge < -0.3 is 5.73 Å². The summed E-state index contributed by atoms with van der Waals surface area (Å²) in [5.41, 5.74) is 9.07. The molecule has 2 rings (SSSR count). The second-order valence-electron chi connectivity index (χ2n) is 5.90. The molecule has 1 heterocycles. The van der Waals surface area contributed by atoms with Crippen molar-refractivity contribution < 1.29 is 0 Å². The molecule has 0 spiro atoms. The van der Waals surface area contributed by atoms with Crippen molar-refractivity contribution in [1.82, 2.24) is 4.90 Å². The fourth-order valence-electron chi connectivity index (χ4n) is 3.31. The molecule has 2 nitrogen and oxygen atoms in total. The van der Waals surface area contributed by atoms with E-state index < -0.39 is 0 Å². The van der Waals surface area contributed by atoms with Crippen molar-refractivity contribution in [3.63, 3.8) is 0 Å². The van der Waals surface area contributed by atoms with E-state index in [-0.39, 0.29) is 6.04 Å². The van der Waals surface area contributed by atoms with Gasteiger partial charge in [0.15, 0.2) is 0 Å². The Kier molecular flexibility index (Phi) is 5.41. The standard InChI is InChI=1S/C17H28N2/c1-3-8-15-10-6-7-12-19(15)13-17(18)16-11-5-4-9-14(16)2/h4-5,9,11,15,17H,3,6-8,10,12-13,18H2,1-2H3. The second kappa shape index (κ2) is 7.06. The molecule has 1 aromatic rings. The van der Waals surface area contributed by atoms with Gasteiger partial charge in [-0.3, -0.25) is 4.90 Å². The fraction of sp³-hybridized carbons (Fsp3) is 0.647. The zero-order chi connectivity index (χ0) is 13.7. The van der Waals surface area contributed by atoms with E-state index in [0.29, 0.717) is 0 Å². The van der Waals surface area contributed by atoms with Gasteiger partial charge in [-0.1, -0.05) is 44.0 Å². The van der Waals surface area contributed by atoms with Gasteiger partial charge in [-0.2, -0.15) is 0 Å². The van der Waals surface area contributed by atoms with Crippen LogP contribution in [0.5, 0.6) is 0 Å². The second-order valence-corrected chi connectivity index (χ2v) is 5.90. The third kappa shape index (κ3) is 3.80. The summed E-state index contributed by atoms with van der Waals surface area (Å²) in [4.78, 5) is 2.63. The first-order valence-corrected chi connectivity index (χ1v) is 7.77. The first-order chi connectivity index (χ1) is 9.22. The molecule has 1 aliphatic heterocycles. The molecule has 2 heteroatoms. The predicted molar refractivity (Wildman–Crippen MR) is 82.2 cm³/mol. The van der Waals surface area contributed by atoms with E-state index in [0.717, 1.165) is 12.6 Å². The number of benzene rings is 1. The number of nitrogens with two attached hydrogens (primary N) is 1. The normalized spacial score (nSPS) is 22.4. The maximum Gasteiger partial charge on any atom is 0.0427 e. The minimum atomic E-state index is 0.152. The molecule has 1 aliphatic rings. The van der Waals surface area contributed by atoms with Crippen LogP contribution in [0.2, 0.25) is 0 Å².